The molecule has 0 aliphatic rings. The van der Waals surface area contributed by atoms with E-state index in [1.165, 1.54) is 12.1 Å². The average molecular weight is 268 g/mol. The molecule has 1 rings (SSSR count). The molecule has 0 spiro atoms. The van der Waals surface area contributed by atoms with E-state index in [1.807, 2.05) is 13.8 Å². The summed E-state index contributed by atoms with van der Waals surface area (Å²) >= 11 is 4.20. The zero-order valence-corrected chi connectivity index (χ0v) is 11.2. The largest absolute Gasteiger partial charge is 0.351 e. The van der Waals surface area contributed by atoms with Gasteiger partial charge < -0.3 is 5.32 Å². The van der Waals surface area contributed by atoms with Gasteiger partial charge in [0.05, 0.1) is 10.2 Å². The van der Waals surface area contributed by atoms with Gasteiger partial charge in [0.1, 0.15) is 0 Å². The van der Waals surface area contributed by atoms with Gasteiger partial charge in [-0.25, -0.2) is 0 Å². The van der Waals surface area contributed by atoms with E-state index in [1.54, 1.807) is 12.1 Å². The number of amides is 1. The number of hydrogen-bond acceptors (Lipinski definition) is 4. The van der Waals surface area contributed by atoms with Crippen LogP contribution >= 0.6 is 12.6 Å². The second kappa shape index (κ2) is 6.39. The molecule has 0 aliphatic carbocycles. The maximum Gasteiger partial charge on any atom is 0.269 e. The number of carbonyl (C=O) groups is 1. The molecule has 6 heteroatoms. The van der Waals surface area contributed by atoms with Gasteiger partial charge in [-0.3, -0.25) is 14.9 Å². The van der Waals surface area contributed by atoms with Gasteiger partial charge in [-0.1, -0.05) is 26.0 Å². The summed E-state index contributed by atoms with van der Waals surface area (Å²) in [6.07, 6.45) is 0. The molecule has 1 aromatic rings. The van der Waals surface area contributed by atoms with Crippen molar-refractivity contribution < 1.29 is 9.72 Å². The fraction of sp³-hybridized carbons (Fsp3) is 0.417. The molecule has 0 fully saturated rings. The van der Waals surface area contributed by atoms with Crippen LogP contribution in [0.2, 0.25) is 0 Å². The minimum absolute atomic E-state index is 0.0213. The van der Waals surface area contributed by atoms with E-state index in [0.29, 0.717) is 5.56 Å². The van der Waals surface area contributed by atoms with Crippen molar-refractivity contribution in [3.63, 3.8) is 0 Å². The second-order valence-corrected chi connectivity index (χ2v) is 4.89. The third kappa shape index (κ3) is 4.03. The van der Waals surface area contributed by atoms with Gasteiger partial charge in [0.2, 0.25) is 5.91 Å². The van der Waals surface area contributed by atoms with E-state index < -0.39 is 4.92 Å². The Balaban J connectivity index is 2.61. The molecule has 1 aromatic carbocycles. The molecular weight excluding hydrogens is 252 g/mol. The van der Waals surface area contributed by atoms with Crippen LogP contribution in [-0.2, 0) is 11.3 Å². The first-order valence-corrected chi connectivity index (χ1v) is 6.12. The average Bonchev–Trinajstić information content (AvgIpc) is 2.35. The summed E-state index contributed by atoms with van der Waals surface area (Å²) < 4.78 is 0. The number of nitrogens with one attached hydrogen (secondary N) is 1. The lowest BCUT2D eigenvalue weighted by Gasteiger charge is -2.14. The van der Waals surface area contributed by atoms with Crippen LogP contribution in [0, 0.1) is 16.0 Å². The Bertz CT molecular complexity index is 449. The maximum absolute atomic E-state index is 11.7. The first kappa shape index (κ1) is 14.5. The van der Waals surface area contributed by atoms with Crippen molar-refractivity contribution in [2.24, 2.45) is 5.92 Å². The molecule has 0 radical (unpaired) electrons. The van der Waals surface area contributed by atoms with Gasteiger partial charge in [-0.05, 0) is 11.5 Å². The third-order valence-corrected chi connectivity index (χ3v) is 3.32. The van der Waals surface area contributed by atoms with Crippen molar-refractivity contribution in [3.05, 3.63) is 39.9 Å². The Labute approximate surface area is 111 Å². The van der Waals surface area contributed by atoms with Gasteiger partial charge in [-0.15, -0.1) is 0 Å². The molecule has 98 valence electrons. The molecular formula is C12H16N2O3S. The first-order chi connectivity index (χ1) is 8.41. The van der Waals surface area contributed by atoms with E-state index in [-0.39, 0.29) is 29.3 Å². The Hall–Kier alpha value is -1.56. The fourth-order valence-corrected chi connectivity index (χ4v) is 1.47. The lowest BCUT2D eigenvalue weighted by atomic mass is 10.1. The molecule has 1 amide bonds. The van der Waals surface area contributed by atoms with Crippen LogP contribution < -0.4 is 5.32 Å². The molecule has 0 aliphatic heterocycles. The summed E-state index contributed by atoms with van der Waals surface area (Å²) in [4.78, 5) is 21.8. The van der Waals surface area contributed by atoms with Crippen molar-refractivity contribution in [2.75, 3.05) is 0 Å². The Morgan fingerprint density at radius 3 is 2.72 bits per heavy atom. The highest BCUT2D eigenvalue weighted by atomic mass is 32.1. The summed E-state index contributed by atoms with van der Waals surface area (Å²) in [6, 6.07) is 6.19. The number of carbonyl (C=O) groups excluding carboxylic acids is 1. The first-order valence-electron chi connectivity index (χ1n) is 5.61. The van der Waals surface area contributed by atoms with Crippen LogP contribution in [0.15, 0.2) is 24.3 Å². The number of rotatable bonds is 5. The quantitative estimate of drug-likeness (QED) is 0.488. The van der Waals surface area contributed by atoms with Crippen LogP contribution in [-0.4, -0.2) is 16.1 Å². The molecule has 0 saturated heterocycles. The van der Waals surface area contributed by atoms with Crippen LogP contribution in [0.4, 0.5) is 5.69 Å². The van der Waals surface area contributed by atoms with Gasteiger partial charge in [0, 0.05) is 18.7 Å². The lowest BCUT2D eigenvalue weighted by Crippen LogP contribution is -2.33. The van der Waals surface area contributed by atoms with Crippen molar-refractivity contribution in [1.29, 1.82) is 0 Å². The van der Waals surface area contributed by atoms with Crippen molar-refractivity contribution in [2.45, 2.75) is 25.6 Å². The highest BCUT2D eigenvalue weighted by molar-refractivity contribution is 7.81. The Morgan fingerprint density at radius 1 is 1.50 bits per heavy atom. The van der Waals surface area contributed by atoms with Gasteiger partial charge in [0.25, 0.3) is 5.69 Å². The number of benzene rings is 1. The predicted octanol–water partition coefficient (Wildman–Crippen LogP) is 2.17. The standard InChI is InChI=1S/C12H16N2O3S/c1-8(2)11(18)12(15)13-7-9-4-3-5-10(6-9)14(16)17/h3-6,8,11,18H,7H2,1-2H3,(H,13,15). The summed E-state index contributed by atoms with van der Waals surface area (Å²) in [5.74, 6) is -0.0294. The number of nitro benzene ring substituents is 1. The number of non-ortho nitro benzene ring substituents is 1. The molecule has 18 heavy (non-hydrogen) atoms. The van der Waals surface area contributed by atoms with Crippen molar-refractivity contribution in [1.82, 2.24) is 5.32 Å². The summed E-state index contributed by atoms with van der Waals surface area (Å²) in [5, 5.41) is 12.9. The van der Waals surface area contributed by atoms with E-state index >= 15 is 0 Å². The van der Waals surface area contributed by atoms with Gasteiger partial charge in [0.15, 0.2) is 0 Å². The topological polar surface area (TPSA) is 72.2 Å². The van der Waals surface area contributed by atoms with E-state index in [0.717, 1.165) is 0 Å². The van der Waals surface area contributed by atoms with E-state index in [9.17, 15) is 14.9 Å². The summed E-state index contributed by atoms with van der Waals surface area (Å²) in [6.45, 7) is 4.08. The number of hydrogen-bond donors (Lipinski definition) is 2. The number of nitro groups is 1. The predicted molar refractivity (Wildman–Crippen MR) is 72.6 cm³/mol. The second-order valence-electron chi connectivity index (χ2n) is 4.33. The number of thiol groups is 1. The van der Waals surface area contributed by atoms with E-state index in [4.69, 9.17) is 0 Å². The minimum atomic E-state index is -0.457. The molecule has 1 atom stereocenters. The molecule has 1 N–H and O–H groups in total. The number of nitrogens with zero attached hydrogens (tertiary/aromatic N) is 1. The molecule has 0 heterocycles. The minimum Gasteiger partial charge on any atom is -0.351 e. The van der Waals surface area contributed by atoms with Gasteiger partial charge in [-0.2, -0.15) is 12.6 Å². The van der Waals surface area contributed by atoms with Gasteiger partial charge >= 0.3 is 0 Å². The molecule has 0 aromatic heterocycles. The zero-order chi connectivity index (χ0) is 13.7. The lowest BCUT2D eigenvalue weighted by molar-refractivity contribution is -0.384. The van der Waals surface area contributed by atoms with Crippen LogP contribution in [0.25, 0.3) is 0 Å². The van der Waals surface area contributed by atoms with Crippen LogP contribution in [0.5, 0.6) is 0 Å². The highest BCUT2D eigenvalue weighted by Crippen LogP contribution is 2.13. The summed E-state index contributed by atoms with van der Waals surface area (Å²) in [5.41, 5.74) is 0.717. The normalized spacial score (nSPS) is 12.2. The monoisotopic (exact) mass is 268 g/mol. The molecule has 1 unspecified atom stereocenters. The fourth-order valence-electron chi connectivity index (χ4n) is 1.38. The molecule has 0 bridgehead atoms. The SMILES string of the molecule is CC(C)C(S)C(=O)NCc1cccc([N+](=O)[O-])c1. The Kier molecular flexibility index (Phi) is 5.15. The van der Waals surface area contributed by atoms with Crippen LogP contribution in [0.3, 0.4) is 0 Å². The third-order valence-electron chi connectivity index (χ3n) is 2.49. The van der Waals surface area contributed by atoms with Crippen molar-refractivity contribution >= 4 is 24.2 Å². The highest BCUT2D eigenvalue weighted by Gasteiger charge is 2.17. The molecule has 0 saturated carbocycles. The van der Waals surface area contributed by atoms with Crippen LogP contribution in [0.1, 0.15) is 19.4 Å². The smallest absolute Gasteiger partial charge is 0.269 e. The van der Waals surface area contributed by atoms with Crippen molar-refractivity contribution in [3.8, 4) is 0 Å². The summed E-state index contributed by atoms with van der Waals surface area (Å²) in [7, 11) is 0. The maximum atomic E-state index is 11.7. The zero-order valence-electron chi connectivity index (χ0n) is 10.3. The Morgan fingerprint density at radius 2 is 2.17 bits per heavy atom. The van der Waals surface area contributed by atoms with E-state index in [2.05, 4.69) is 17.9 Å². The molecule has 5 nitrogen and oxygen atoms in total.